The maximum atomic E-state index is 12.7. The fourth-order valence-electron chi connectivity index (χ4n) is 4.92. The van der Waals surface area contributed by atoms with Crippen molar-refractivity contribution in [3.05, 3.63) is 52.6 Å². The topological polar surface area (TPSA) is 152 Å². The van der Waals surface area contributed by atoms with E-state index in [1.165, 1.54) is 10.1 Å². The van der Waals surface area contributed by atoms with Crippen LogP contribution in [-0.4, -0.2) is 81.6 Å². The monoisotopic (exact) mass is 524 g/mol. The summed E-state index contributed by atoms with van der Waals surface area (Å²) in [6.07, 6.45) is 4.70. The first kappa shape index (κ1) is 27.7. The number of nitrogens with two attached hydrogens (primary N) is 2. The molecule has 2 heterocycles. The van der Waals surface area contributed by atoms with Gasteiger partial charge in [-0.1, -0.05) is 12.1 Å². The average molecular weight is 525 g/mol. The molecule has 1 aromatic carbocycles. The lowest BCUT2D eigenvalue weighted by molar-refractivity contribution is -0.137. The summed E-state index contributed by atoms with van der Waals surface area (Å²) in [5.41, 5.74) is 12.2. The van der Waals surface area contributed by atoms with E-state index in [0.29, 0.717) is 49.9 Å². The molecule has 1 atom stereocenters. The van der Waals surface area contributed by atoms with E-state index in [0.717, 1.165) is 25.8 Å². The maximum absolute atomic E-state index is 12.7. The van der Waals surface area contributed by atoms with E-state index in [2.05, 4.69) is 22.5 Å². The van der Waals surface area contributed by atoms with Crippen molar-refractivity contribution in [3.8, 4) is 5.69 Å². The lowest BCUT2D eigenvalue weighted by Gasteiger charge is -2.37. The fourth-order valence-corrected chi connectivity index (χ4v) is 4.92. The van der Waals surface area contributed by atoms with Gasteiger partial charge in [0.2, 0.25) is 5.91 Å². The zero-order valence-corrected chi connectivity index (χ0v) is 22.5. The second kappa shape index (κ2) is 11.6. The first-order valence-electron chi connectivity index (χ1n) is 13.3. The third-order valence-electron chi connectivity index (χ3n) is 7.23. The Morgan fingerprint density at radius 1 is 1.08 bits per heavy atom. The number of nitrogens with one attached hydrogen (secondary N) is 2. The Hall–Kier alpha value is -3.28. The SMILES string of the molecule is CC(Cc1ccc(-n2ccc(NC(=O)N3CCN(C(=O)C(C)(C)N)CC3)nc2=O)cc1)NC[C@H]1C[C@H](N)C1. The van der Waals surface area contributed by atoms with Crippen LogP contribution in [0.4, 0.5) is 10.6 Å². The number of hydrogen-bond acceptors (Lipinski definition) is 7. The number of carbonyl (C=O) groups is 2. The van der Waals surface area contributed by atoms with Crippen LogP contribution in [0.5, 0.6) is 0 Å². The van der Waals surface area contributed by atoms with E-state index in [9.17, 15) is 14.4 Å². The van der Waals surface area contributed by atoms with Crippen molar-refractivity contribution in [2.24, 2.45) is 17.4 Å². The number of aromatic nitrogens is 2. The van der Waals surface area contributed by atoms with Gasteiger partial charge in [0, 0.05) is 44.5 Å². The molecule has 3 amide bonds. The van der Waals surface area contributed by atoms with Crippen LogP contribution in [0.25, 0.3) is 5.69 Å². The molecule has 1 saturated heterocycles. The Morgan fingerprint density at radius 2 is 1.71 bits per heavy atom. The highest BCUT2D eigenvalue weighted by Gasteiger charge is 2.31. The molecule has 1 unspecified atom stereocenters. The van der Waals surface area contributed by atoms with E-state index >= 15 is 0 Å². The Balaban J connectivity index is 1.28. The second-order valence-corrected chi connectivity index (χ2v) is 11.2. The minimum Gasteiger partial charge on any atom is -0.338 e. The maximum Gasteiger partial charge on any atom is 0.354 e. The zero-order chi connectivity index (χ0) is 27.4. The van der Waals surface area contributed by atoms with E-state index in [1.807, 2.05) is 24.3 Å². The standard InChI is InChI=1S/C27H40N8O3/c1-18(30-17-20-15-21(28)16-20)14-19-4-6-22(7-5-19)35-9-8-23(32-26(35)38)31-25(37)34-12-10-33(11-13-34)24(36)27(2,3)29/h4-9,18,20-21,30H,10-17,28-29H2,1-3H3,(H,31,32,37,38)/t18?,20-,21-. The summed E-state index contributed by atoms with van der Waals surface area (Å²) in [7, 11) is 0. The Labute approximate surface area is 223 Å². The molecule has 6 N–H and O–H groups in total. The Bertz CT molecular complexity index is 1180. The van der Waals surface area contributed by atoms with Crippen LogP contribution in [0.1, 0.15) is 39.2 Å². The number of carbonyl (C=O) groups excluding carboxylic acids is 2. The van der Waals surface area contributed by atoms with Gasteiger partial charge in [-0.3, -0.25) is 14.7 Å². The van der Waals surface area contributed by atoms with Crippen LogP contribution in [0, 0.1) is 5.92 Å². The number of rotatable bonds is 8. The molecule has 0 radical (unpaired) electrons. The highest BCUT2D eigenvalue weighted by molar-refractivity contribution is 5.89. The minimum atomic E-state index is -0.946. The summed E-state index contributed by atoms with van der Waals surface area (Å²) >= 11 is 0. The van der Waals surface area contributed by atoms with Gasteiger partial charge in [0.15, 0.2) is 0 Å². The van der Waals surface area contributed by atoms with Crippen LogP contribution < -0.4 is 27.8 Å². The van der Waals surface area contributed by atoms with E-state index in [1.54, 1.807) is 35.9 Å². The predicted octanol–water partition coefficient (Wildman–Crippen LogP) is 0.904. The zero-order valence-electron chi connectivity index (χ0n) is 22.5. The van der Waals surface area contributed by atoms with Gasteiger partial charge in [-0.15, -0.1) is 0 Å². The quantitative estimate of drug-likeness (QED) is 0.400. The molecule has 2 aromatic rings. The molecule has 2 fully saturated rings. The largest absolute Gasteiger partial charge is 0.354 e. The number of amides is 3. The number of hydrogen-bond donors (Lipinski definition) is 4. The van der Waals surface area contributed by atoms with Gasteiger partial charge in [0.25, 0.3) is 0 Å². The molecule has 1 aliphatic carbocycles. The smallest absolute Gasteiger partial charge is 0.338 e. The molecule has 11 heteroatoms. The molecular formula is C27H40N8O3. The molecule has 1 saturated carbocycles. The summed E-state index contributed by atoms with van der Waals surface area (Å²) in [6.45, 7) is 8.07. The molecule has 0 spiro atoms. The van der Waals surface area contributed by atoms with Crippen molar-refractivity contribution in [1.29, 1.82) is 0 Å². The van der Waals surface area contributed by atoms with Gasteiger partial charge in [0.05, 0.1) is 11.2 Å². The van der Waals surface area contributed by atoms with Crippen LogP contribution in [0.3, 0.4) is 0 Å². The van der Waals surface area contributed by atoms with Crippen LogP contribution in [0.2, 0.25) is 0 Å². The van der Waals surface area contributed by atoms with Gasteiger partial charge < -0.3 is 26.6 Å². The minimum absolute atomic E-state index is 0.142. The summed E-state index contributed by atoms with van der Waals surface area (Å²) in [5.74, 6) is 0.727. The molecule has 1 aromatic heterocycles. The van der Waals surface area contributed by atoms with Gasteiger partial charge in [-0.2, -0.15) is 4.98 Å². The second-order valence-electron chi connectivity index (χ2n) is 11.2. The molecule has 1 aliphatic heterocycles. The van der Waals surface area contributed by atoms with Crippen LogP contribution in [-0.2, 0) is 11.2 Å². The highest BCUT2D eigenvalue weighted by atomic mass is 16.2. The molecule has 11 nitrogen and oxygen atoms in total. The molecular weight excluding hydrogens is 484 g/mol. The van der Waals surface area contributed by atoms with Crippen LogP contribution in [0.15, 0.2) is 41.3 Å². The highest BCUT2D eigenvalue weighted by Crippen LogP contribution is 2.24. The number of benzene rings is 1. The Kier molecular flexibility index (Phi) is 8.49. The third-order valence-corrected chi connectivity index (χ3v) is 7.23. The summed E-state index contributed by atoms with van der Waals surface area (Å²) in [4.78, 5) is 45.0. The van der Waals surface area contributed by atoms with Crippen molar-refractivity contribution >= 4 is 17.8 Å². The molecule has 38 heavy (non-hydrogen) atoms. The van der Waals surface area contributed by atoms with E-state index in [4.69, 9.17) is 11.5 Å². The van der Waals surface area contributed by atoms with E-state index in [-0.39, 0.29) is 17.8 Å². The van der Waals surface area contributed by atoms with Crippen molar-refractivity contribution in [1.82, 2.24) is 24.7 Å². The first-order valence-corrected chi connectivity index (χ1v) is 13.3. The molecule has 4 rings (SSSR count). The van der Waals surface area contributed by atoms with Gasteiger partial charge >= 0.3 is 11.7 Å². The predicted molar refractivity (Wildman–Crippen MR) is 147 cm³/mol. The lowest BCUT2D eigenvalue weighted by Crippen LogP contribution is -2.58. The molecule has 2 aliphatic rings. The van der Waals surface area contributed by atoms with Crippen molar-refractivity contribution < 1.29 is 9.59 Å². The number of piperazine rings is 1. The lowest BCUT2D eigenvalue weighted by atomic mass is 9.81. The average Bonchev–Trinajstić information content (AvgIpc) is 2.86. The van der Waals surface area contributed by atoms with Gasteiger partial charge in [-0.25, -0.2) is 9.59 Å². The number of nitrogens with zero attached hydrogens (tertiary/aromatic N) is 4. The first-order chi connectivity index (χ1) is 18.0. The molecule has 0 bridgehead atoms. The third kappa shape index (κ3) is 6.97. The van der Waals surface area contributed by atoms with Crippen molar-refractivity contribution in [2.75, 3.05) is 38.0 Å². The van der Waals surface area contributed by atoms with Crippen molar-refractivity contribution in [2.45, 2.75) is 57.7 Å². The van der Waals surface area contributed by atoms with Gasteiger partial charge in [0.1, 0.15) is 5.82 Å². The summed E-state index contributed by atoms with van der Waals surface area (Å²) in [5, 5.41) is 6.27. The van der Waals surface area contributed by atoms with E-state index < -0.39 is 11.2 Å². The van der Waals surface area contributed by atoms with Crippen LogP contribution >= 0.6 is 0 Å². The fraction of sp³-hybridized carbons (Fsp3) is 0.556. The van der Waals surface area contributed by atoms with Crippen molar-refractivity contribution in [3.63, 3.8) is 0 Å². The normalized spacial score (nSPS) is 20.6. The summed E-state index contributed by atoms with van der Waals surface area (Å²) in [6, 6.07) is 9.80. The molecule has 206 valence electrons. The number of anilines is 1. The summed E-state index contributed by atoms with van der Waals surface area (Å²) < 4.78 is 1.44. The number of urea groups is 1. The van der Waals surface area contributed by atoms with Gasteiger partial charge in [-0.05, 0) is 76.3 Å². The Morgan fingerprint density at radius 3 is 2.29 bits per heavy atom.